The van der Waals surface area contributed by atoms with E-state index in [2.05, 4.69) is 25.0 Å². The Morgan fingerprint density at radius 2 is 0.906 bits per heavy atom. The van der Waals surface area contributed by atoms with Gasteiger partial charge in [-0.1, -0.05) is 12.1 Å². The normalized spacial score (nSPS) is 8.78. The molecule has 0 amide bonds. The summed E-state index contributed by atoms with van der Waals surface area (Å²) in [6.45, 7) is 1.61. The lowest BCUT2D eigenvalue weighted by Crippen LogP contribution is -1.77. The van der Waals surface area contributed by atoms with Crippen LogP contribution in [0, 0.1) is 6.92 Å². The first-order chi connectivity index (χ1) is 15.6. The summed E-state index contributed by atoms with van der Waals surface area (Å²) in [7, 11) is 0. The molecule has 0 N–H and O–H groups in total. The molecule has 0 atom stereocenters. The highest BCUT2D eigenvalue weighted by molar-refractivity contribution is 5.88. The van der Waals surface area contributed by atoms with E-state index in [0.717, 1.165) is 10.8 Å². The van der Waals surface area contributed by atoms with Gasteiger partial charge in [0.2, 0.25) is 30.4 Å². The van der Waals surface area contributed by atoms with Crippen LogP contribution < -0.4 is 0 Å². The van der Waals surface area contributed by atoms with E-state index >= 15 is 0 Å². The van der Waals surface area contributed by atoms with E-state index in [4.69, 9.17) is 0 Å². The molecular weight excluding hydrogens is 414 g/mol. The minimum atomic E-state index is 0.198. The van der Waals surface area contributed by atoms with Crippen LogP contribution in [0.2, 0.25) is 0 Å². The number of benzene rings is 3. The van der Waals surface area contributed by atoms with Crippen LogP contribution in [0.15, 0.2) is 73.5 Å². The zero-order valence-corrected chi connectivity index (χ0v) is 16.4. The molecule has 0 heterocycles. The van der Waals surface area contributed by atoms with Crippen molar-refractivity contribution in [2.24, 2.45) is 25.0 Å². The number of carbonyl (C=O) groups excluding carboxylic acids is 5. The van der Waals surface area contributed by atoms with Crippen LogP contribution >= 0.6 is 0 Å². The second-order valence-electron chi connectivity index (χ2n) is 5.84. The van der Waals surface area contributed by atoms with Gasteiger partial charge in [-0.05, 0) is 54.1 Å². The Hall–Kier alpha value is -5.18. The summed E-state index contributed by atoms with van der Waals surface area (Å²) in [6, 6.07) is 13.3. The number of nitrogens with zero attached hydrogens (tertiary/aromatic N) is 5. The summed E-state index contributed by atoms with van der Waals surface area (Å²) in [5, 5.41) is 1.84. The van der Waals surface area contributed by atoms with Gasteiger partial charge in [-0.3, -0.25) is 0 Å². The lowest BCUT2D eigenvalue weighted by atomic mass is 10.1. The van der Waals surface area contributed by atoms with Crippen molar-refractivity contribution < 1.29 is 24.0 Å². The van der Waals surface area contributed by atoms with E-state index in [-0.39, 0.29) is 17.1 Å². The number of rotatable bonds is 5. The first-order valence-corrected chi connectivity index (χ1v) is 8.64. The third-order valence-corrected chi connectivity index (χ3v) is 4.00. The largest absolute Gasteiger partial charge is 0.240 e. The minimum Gasteiger partial charge on any atom is -0.211 e. The summed E-state index contributed by atoms with van der Waals surface area (Å²) in [5.74, 6) is 0. The van der Waals surface area contributed by atoms with Crippen molar-refractivity contribution in [2.45, 2.75) is 6.92 Å². The lowest BCUT2D eigenvalue weighted by molar-refractivity contribution is 0.564. The molecule has 3 aromatic carbocycles. The monoisotopic (exact) mass is 425 g/mol. The maximum absolute atomic E-state index is 10.2. The molecule has 0 fully saturated rings. The van der Waals surface area contributed by atoms with Crippen molar-refractivity contribution in [3.8, 4) is 0 Å². The number of isocyanates is 5. The number of hydrogen-bond acceptors (Lipinski definition) is 10. The first-order valence-electron chi connectivity index (χ1n) is 8.64. The van der Waals surface area contributed by atoms with E-state index in [1.807, 2.05) is 12.1 Å². The van der Waals surface area contributed by atoms with E-state index in [1.165, 1.54) is 42.5 Å². The van der Waals surface area contributed by atoms with Crippen LogP contribution in [0.5, 0.6) is 0 Å². The fourth-order valence-electron chi connectivity index (χ4n) is 2.58. The Morgan fingerprint density at radius 1 is 0.500 bits per heavy atom. The van der Waals surface area contributed by atoms with Gasteiger partial charge in [0.05, 0.1) is 28.4 Å². The average molecular weight is 425 g/mol. The summed E-state index contributed by atoms with van der Waals surface area (Å²) < 4.78 is 0. The van der Waals surface area contributed by atoms with E-state index in [9.17, 15) is 24.0 Å². The van der Waals surface area contributed by atoms with Crippen molar-refractivity contribution in [3.63, 3.8) is 0 Å². The van der Waals surface area contributed by atoms with Gasteiger partial charge in [-0.15, -0.1) is 0 Å². The summed E-state index contributed by atoms with van der Waals surface area (Å²) in [5.41, 5.74) is 2.21. The van der Waals surface area contributed by atoms with Gasteiger partial charge in [-0.2, -0.15) is 25.0 Å². The molecule has 0 bridgehead atoms. The minimum absolute atomic E-state index is 0.198. The Balaban J connectivity index is 0.000000227. The van der Waals surface area contributed by atoms with Crippen LogP contribution in [0.4, 0.5) is 28.4 Å². The first kappa shape index (κ1) is 23.1. The highest BCUT2D eigenvalue weighted by Gasteiger charge is 2.06. The van der Waals surface area contributed by atoms with Crippen molar-refractivity contribution in [1.82, 2.24) is 0 Å². The van der Waals surface area contributed by atoms with Crippen LogP contribution in [0.3, 0.4) is 0 Å². The molecule has 10 heteroatoms. The number of hydrogen-bond donors (Lipinski definition) is 0. The smallest absolute Gasteiger partial charge is 0.211 e. The van der Waals surface area contributed by atoms with Crippen molar-refractivity contribution in [3.05, 3.63) is 54.1 Å². The van der Waals surface area contributed by atoms with Gasteiger partial charge in [0.25, 0.3) is 0 Å². The Kier molecular flexibility index (Phi) is 8.47. The summed E-state index contributed by atoms with van der Waals surface area (Å²) in [6.07, 6.45) is 7.01. The quantitative estimate of drug-likeness (QED) is 0.430. The van der Waals surface area contributed by atoms with Crippen molar-refractivity contribution >= 4 is 69.6 Å². The average Bonchev–Trinajstić information content (AvgIpc) is 2.78. The predicted molar refractivity (Wildman–Crippen MR) is 114 cm³/mol. The van der Waals surface area contributed by atoms with Gasteiger partial charge >= 0.3 is 0 Å². The molecule has 3 rings (SSSR count). The fraction of sp³-hybridized carbons (Fsp3) is 0.0455. The standard InChI is InChI=1S/C12H6N2O2.C10H5N3O3/c15-7-13-11-3-1-9-2-4-12(14-8-16)6-10(9)5-11;1-7-9(12-5-15)2-8(11-4-14)3-10(7)13-6-16/h1-6H;2-3H,1H3. The predicted octanol–water partition coefficient (Wildman–Crippen LogP) is 4.67. The van der Waals surface area contributed by atoms with Crippen molar-refractivity contribution in [2.75, 3.05) is 0 Å². The fourth-order valence-corrected chi connectivity index (χ4v) is 2.58. The molecule has 0 saturated heterocycles. The molecule has 10 nitrogen and oxygen atoms in total. The highest BCUT2D eigenvalue weighted by Crippen LogP contribution is 2.33. The third kappa shape index (κ3) is 6.16. The Morgan fingerprint density at radius 3 is 1.31 bits per heavy atom. The van der Waals surface area contributed by atoms with Crippen LogP contribution in [0.1, 0.15) is 5.56 Å². The molecule has 0 unspecified atom stereocenters. The summed E-state index contributed by atoms with van der Waals surface area (Å²) >= 11 is 0. The van der Waals surface area contributed by atoms with Gasteiger partial charge in [-0.25, -0.2) is 24.0 Å². The molecule has 0 radical (unpaired) electrons. The highest BCUT2D eigenvalue weighted by atomic mass is 16.1. The molecule has 3 aromatic rings. The van der Waals surface area contributed by atoms with E-state index < -0.39 is 0 Å². The SMILES string of the molecule is Cc1c(N=C=O)cc(N=C=O)cc1N=C=O.O=C=Nc1ccc2ccc(N=C=O)cc2c1. The number of aliphatic imine (C=N–C) groups is 5. The van der Waals surface area contributed by atoms with Crippen LogP contribution in [-0.4, -0.2) is 30.4 Å². The van der Waals surface area contributed by atoms with Gasteiger partial charge < -0.3 is 0 Å². The maximum atomic E-state index is 10.2. The lowest BCUT2D eigenvalue weighted by Gasteiger charge is -2.02. The van der Waals surface area contributed by atoms with Gasteiger partial charge in [0.1, 0.15) is 0 Å². The Labute approximate surface area is 180 Å². The zero-order chi connectivity index (χ0) is 23.3. The molecule has 0 aliphatic rings. The van der Waals surface area contributed by atoms with Crippen LogP contribution in [-0.2, 0) is 24.0 Å². The molecule has 0 aromatic heterocycles. The van der Waals surface area contributed by atoms with Crippen molar-refractivity contribution in [1.29, 1.82) is 0 Å². The van der Waals surface area contributed by atoms with Crippen LogP contribution in [0.25, 0.3) is 10.8 Å². The topological polar surface area (TPSA) is 147 Å². The number of fused-ring (bicyclic) bond motifs is 1. The zero-order valence-electron chi connectivity index (χ0n) is 16.4. The second-order valence-corrected chi connectivity index (χ2v) is 5.84. The van der Waals surface area contributed by atoms with Gasteiger partial charge in [0, 0.05) is 5.56 Å². The molecule has 0 spiro atoms. The molecule has 32 heavy (non-hydrogen) atoms. The maximum Gasteiger partial charge on any atom is 0.240 e. The Bertz CT molecular complexity index is 1320. The molecule has 0 aliphatic carbocycles. The van der Waals surface area contributed by atoms with E-state index in [1.54, 1.807) is 31.2 Å². The van der Waals surface area contributed by atoms with Gasteiger partial charge in [0.15, 0.2) is 0 Å². The summed E-state index contributed by atoms with van der Waals surface area (Å²) in [4.78, 5) is 67.8. The van der Waals surface area contributed by atoms with E-state index in [0.29, 0.717) is 16.9 Å². The molecular formula is C22H11N5O5. The second kappa shape index (κ2) is 11.7. The molecule has 154 valence electrons. The molecule has 0 aliphatic heterocycles. The third-order valence-electron chi connectivity index (χ3n) is 4.00. The molecule has 0 saturated carbocycles.